The van der Waals surface area contributed by atoms with Crippen LogP contribution in [0.4, 0.5) is 0 Å². The molecule has 0 fully saturated rings. The second kappa shape index (κ2) is 14.5. The number of carboxylic acid groups (broad SMARTS) is 1. The summed E-state index contributed by atoms with van der Waals surface area (Å²) in [6.45, 7) is 6.60. The molecule has 2 aromatic heterocycles. The van der Waals surface area contributed by atoms with Gasteiger partial charge in [0.2, 0.25) is 0 Å². The summed E-state index contributed by atoms with van der Waals surface area (Å²) in [6, 6.07) is 8.03. The van der Waals surface area contributed by atoms with Crippen LogP contribution in [-0.4, -0.2) is 33.4 Å². The molecule has 3 N–H and O–H groups in total. The van der Waals surface area contributed by atoms with Crippen molar-refractivity contribution in [3.63, 3.8) is 0 Å². The van der Waals surface area contributed by atoms with Gasteiger partial charge in [0.05, 0.1) is 12.3 Å². The number of unbranched alkanes of at least 4 members (excludes halogenated alkanes) is 8. The number of aliphatic imine (C=N–C) groups is 1. The highest BCUT2D eigenvalue weighted by molar-refractivity contribution is 6.28. The first-order valence-electron chi connectivity index (χ1n) is 13.8. The number of H-pyrrole nitrogens is 2. The highest BCUT2D eigenvalue weighted by atomic mass is 16.5. The largest absolute Gasteiger partial charge is 0.491 e. The minimum absolute atomic E-state index is 0.106. The summed E-state index contributed by atoms with van der Waals surface area (Å²) >= 11 is 0. The van der Waals surface area contributed by atoms with Crippen molar-refractivity contribution in [3.8, 4) is 0 Å². The van der Waals surface area contributed by atoms with Crippen molar-refractivity contribution in [2.45, 2.75) is 97.8 Å². The summed E-state index contributed by atoms with van der Waals surface area (Å²) in [5.41, 5.74) is 4.93. The van der Waals surface area contributed by atoms with E-state index in [-0.39, 0.29) is 5.57 Å². The van der Waals surface area contributed by atoms with Crippen LogP contribution in [0.1, 0.15) is 108 Å². The Labute approximate surface area is 216 Å². The summed E-state index contributed by atoms with van der Waals surface area (Å²) in [5.74, 6) is -0.716. The summed E-state index contributed by atoms with van der Waals surface area (Å²) in [7, 11) is 0. The first kappa shape index (κ1) is 27.6. The van der Waals surface area contributed by atoms with E-state index in [9.17, 15) is 9.90 Å². The Morgan fingerprint density at radius 2 is 1.53 bits per heavy atom. The van der Waals surface area contributed by atoms with E-state index in [1.54, 1.807) is 0 Å². The molecule has 0 saturated carbocycles. The zero-order valence-corrected chi connectivity index (χ0v) is 22.3. The number of carboxylic acids is 1. The van der Waals surface area contributed by atoms with Gasteiger partial charge >= 0.3 is 5.97 Å². The monoisotopic (exact) mass is 493 g/mol. The normalized spacial score (nSPS) is 14.6. The number of nitrogens with one attached hydrogen (secondary N) is 2. The number of carbonyl (C=O) groups is 1. The third-order valence-electron chi connectivity index (χ3n) is 6.56. The van der Waals surface area contributed by atoms with E-state index in [0.717, 1.165) is 30.7 Å². The predicted molar refractivity (Wildman–Crippen MR) is 147 cm³/mol. The van der Waals surface area contributed by atoms with Crippen molar-refractivity contribution in [2.24, 2.45) is 4.99 Å². The molecule has 3 heterocycles. The van der Waals surface area contributed by atoms with Crippen molar-refractivity contribution >= 4 is 17.8 Å². The number of ether oxygens (including phenoxy) is 1. The SMILES string of the molecule is CCCCCCCCCCCc1ccc(/C=C2\N=C(c3ccc(CCC)[nH]3)C(C(=O)O)=C2OCC)[nH]1. The molecule has 6 heteroatoms. The maximum Gasteiger partial charge on any atom is 0.341 e. The minimum atomic E-state index is -1.04. The van der Waals surface area contributed by atoms with Gasteiger partial charge in [-0.3, -0.25) is 0 Å². The van der Waals surface area contributed by atoms with E-state index in [0.29, 0.717) is 29.5 Å². The predicted octanol–water partition coefficient (Wildman–Crippen LogP) is 7.59. The Morgan fingerprint density at radius 3 is 2.19 bits per heavy atom. The van der Waals surface area contributed by atoms with Gasteiger partial charge in [-0.2, -0.15) is 0 Å². The van der Waals surface area contributed by atoms with Crippen LogP contribution < -0.4 is 0 Å². The van der Waals surface area contributed by atoms with Crippen molar-refractivity contribution < 1.29 is 14.6 Å². The molecule has 0 aliphatic carbocycles. The number of hydrogen-bond donors (Lipinski definition) is 3. The minimum Gasteiger partial charge on any atom is -0.491 e. The van der Waals surface area contributed by atoms with Gasteiger partial charge in [-0.1, -0.05) is 71.6 Å². The lowest BCUT2D eigenvalue weighted by atomic mass is 10.1. The van der Waals surface area contributed by atoms with E-state index in [4.69, 9.17) is 9.73 Å². The highest BCUT2D eigenvalue weighted by Gasteiger charge is 2.32. The number of aromatic amines is 2. The maximum atomic E-state index is 12.2. The molecule has 2 aromatic rings. The average Bonchev–Trinajstić information content (AvgIpc) is 3.58. The molecule has 3 rings (SSSR count). The lowest BCUT2D eigenvalue weighted by molar-refractivity contribution is -0.132. The smallest absolute Gasteiger partial charge is 0.341 e. The van der Waals surface area contributed by atoms with Gasteiger partial charge < -0.3 is 19.8 Å². The van der Waals surface area contributed by atoms with Crippen molar-refractivity contribution in [3.05, 3.63) is 64.1 Å². The Balaban J connectivity index is 1.66. The first-order chi connectivity index (χ1) is 17.6. The molecule has 0 atom stereocenters. The second-order valence-electron chi connectivity index (χ2n) is 9.60. The number of aryl methyl sites for hydroxylation is 2. The van der Waals surface area contributed by atoms with Crippen molar-refractivity contribution in [1.82, 2.24) is 9.97 Å². The second-order valence-corrected chi connectivity index (χ2v) is 9.60. The van der Waals surface area contributed by atoms with Crippen LogP contribution in [0.2, 0.25) is 0 Å². The Kier molecular flexibility index (Phi) is 11.1. The number of aliphatic carboxylic acids is 1. The molecule has 0 unspecified atom stereocenters. The van der Waals surface area contributed by atoms with E-state index >= 15 is 0 Å². The number of rotatable bonds is 17. The van der Waals surface area contributed by atoms with Crippen LogP contribution in [0.3, 0.4) is 0 Å². The average molecular weight is 494 g/mol. The fraction of sp³-hybridized carbons (Fsp3) is 0.533. The molecule has 0 aromatic carbocycles. The van der Waals surface area contributed by atoms with Crippen LogP contribution in [0.15, 0.2) is 46.3 Å². The zero-order valence-electron chi connectivity index (χ0n) is 22.3. The Hall–Kier alpha value is -3.02. The molecule has 0 saturated heterocycles. The molecule has 196 valence electrons. The first-order valence-corrected chi connectivity index (χ1v) is 13.8. The van der Waals surface area contributed by atoms with Crippen LogP contribution in [0, 0.1) is 0 Å². The molecule has 0 amide bonds. The topological polar surface area (TPSA) is 90.5 Å². The highest BCUT2D eigenvalue weighted by Crippen LogP contribution is 2.31. The number of nitrogens with zero attached hydrogens (tertiary/aromatic N) is 1. The van der Waals surface area contributed by atoms with Crippen LogP contribution in [-0.2, 0) is 22.4 Å². The van der Waals surface area contributed by atoms with E-state index in [2.05, 4.69) is 29.9 Å². The fourth-order valence-corrected chi connectivity index (χ4v) is 4.70. The quantitative estimate of drug-likeness (QED) is 0.198. The number of aromatic nitrogens is 2. The molecule has 0 radical (unpaired) electrons. The van der Waals surface area contributed by atoms with Gasteiger partial charge in [0, 0.05) is 17.1 Å². The zero-order chi connectivity index (χ0) is 25.8. The molecule has 6 nitrogen and oxygen atoms in total. The summed E-state index contributed by atoms with van der Waals surface area (Å²) in [4.78, 5) is 23.7. The lowest BCUT2D eigenvalue weighted by Crippen LogP contribution is -2.14. The molecule has 0 spiro atoms. The van der Waals surface area contributed by atoms with Gasteiger partial charge in [0.1, 0.15) is 17.0 Å². The van der Waals surface area contributed by atoms with Gasteiger partial charge in [0.25, 0.3) is 0 Å². The van der Waals surface area contributed by atoms with Gasteiger partial charge in [-0.15, -0.1) is 0 Å². The van der Waals surface area contributed by atoms with Crippen LogP contribution in [0.25, 0.3) is 6.08 Å². The Morgan fingerprint density at radius 1 is 0.861 bits per heavy atom. The van der Waals surface area contributed by atoms with E-state index < -0.39 is 5.97 Å². The van der Waals surface area contributed by atoms with E-state index in [1.165, 1.54) is 63.5 Å². The Bertz CT molecular complexity index is 1070. The molecule has 0 bridgehead atoms. The molecule has 36 heavy (non-hydrogen) atoms. The molecule has 1 aliphatic heterocycles. The van der Waals surface area contributed by atoms with Crippen LogP contribution >= 0.6 is 0 Å². The van der Waals surface area contributed by atoms with Gasteiger partial charge in [0.15, 0.2) is 5.76 Å². The van der Waals surface area contributed by atoms with E-state index in [1.807, 2.05) is 31.2 Å². The summed E-state index contributed by atoms with van der Waals surface area (Å²) in [5, 5.41) is 9.99. The summed E-state index contributed by atoms with van der Waals surface area (Å²) < 4.78 is 5.80. The summed E-state index contributed by atoms with van der Waals surface area (Å²) in [6.07, 6.45) is 16.7. The van der Waals surface area contributed by atoms with Gasteiger partial charge in [-0.25, -0.2) is 9.79 Å². The molecule has 1 aliphatic rings. The number of hydrogen-bond acceptors (Lipinski definition) is 3. The maximum absolute atomic E-state index is 12.2. The van der Waals surface area contributed by atoms with Crippen LogP contribution in [0.5, 0.6) is 0 Å². The lowest BCUT2D eigenvalue weighted by Gasteiger charge is -2.07. The third kappa shape index (κ3) is 7.74. The standard InChI is InChI=1S/C30H43N3O3/c1-4-7-8-9-10-11-12-13-14-16-23-17-18-24(31-23)21-26-29(36-6-3)27(30(34)35)28(33-26)25-20-19-22(32-25)15-5-2/h17-21,31-32H,4-16H2,1-3H3,(H,34,35)/b26-21-. The third-order valence-corrected chi connectivity index (χ3v) is 6.56. The van der Waals surface area contributed by atoms with Crippen molar-refractivity contribution in [1.29, 1.82) is 0 Å². The van der Waals surface area contributed by atoms with Gasteiger partial charge in [-0.05, 0) is 56.5 Å². The molecular weight excluding hydrogens is 450 g/mol. The fourth-order valence-electron chi connectivity index (χ4n) is 4.70. The van der Waals surface area contributed by atoms with Crippen molar-refractivity contribution in [2.75, 3.05) is 6.61 Å². The molecular formula is C30H43N3O3.